The maximum absolute atomic E-state index is 12.7. The zero-order chi connectivity index (χ0) is 14.8. The van der Waals surface area contributed by atoms with Gasteiger partial charge in [-0.25, -0.2) is 8.78 Å². The molecule has 0 aliphatic heterocycles. The number of methoxy groups -OCH3 is 1. The van der Waals surface area contributed by atoms with E-state index in [9.17, 15) is 26.7 Å². The van der Waals surface area contributed by atoms with Crippen molar-refractivity contribution in [2.45, 2.75) is 19.0 Å². The first-order valence-corrected chi connectivity index (χ1v) is 5.57. The number of aromatic nitrogens is 1. The first kappa shape index (κ1) is 15.8. The molecule has 9 heteroatoms. The number of ether oxygens (including phenoxy) is 1. The summed E-state index contributed by atoms with van der Waals surface area (Å²) in [5, 5.41) is 0. The van der Waals surface area contributed by atoms with Crippen molar-refractivity contribution in [1.29, 1.82) is 0 Å². The molecule has 0 bridgehead atoms. The van der Waals surface area contributed by atoms with Crippen molar-refractivity contribution in [3.63, 3.8) is 0 Å². The first-order valence-electron chi connectivity index (χ1n) is 4.78. The Morgan fingerprint density at radius 2 is 2.05 bits per heavy atom. The summed E-state index contributed by atoms with van der Waals surface area (Å²) in [5.41, 5.74) is -3.14. The highest BCUT2D eigenvalue weighted by molar-refractivity contribution is 9.10. The van der Waals surface area contributed by atoms with Crippen LogP contribution in [-0.2, 0) is 22.1 Å². The van der Waals surface area contributed by atoms with E-state index in [1.54, 1.807) is 0 Å². The summed E-state index contributed by atoms with van der Waals surface area (Å²) in [5.74, 6) is -0.805. The van der Waals surface area contributed by atoms with Gasteiger partial charge in [0.1, 0.15) is 5.69 Å². The number of carbonyl (C=O) groups excluding carboxylic acids is 1. The van der Waals surface area contributed by atoms with Crippen molar-refractivity contribution in [2.24, 2.45) is 0 Å². The van der Waals surface area contributed by atoms with Crippen LogP contribution in [0.4, 0.5) is 22.0 Å². The van der Waals surface area contributed by atoms with Crippen LogP contribution in [0.15, 0.2) is 10.7 Å². The van der Waals surface area contributed by atoms with Crippen molar-refractivity contribution in [2.75, 3.05) is 7.11 Å². The molecule has 1 aromatic rings. The number of alkyl halides is 5. The van der Waals surface area contributed by atoms with Crippen molar-refractivity contribution < 1.29 is 31.5 Å². The second-order valence-corrected chi connectivity index (χ2v) is 4.20. The van der Waals surface area contributed by atoms with Gasteiger partial charge in [0.25, 0.3) is 6.43 Å². The summed E-state index contributed by atoms with van der Waals surface area (Å²) in [4.78, 5) is 14.1. The number of carbonyl (C=O) groups is 1. The molecular weight excluding hydrogens is 341 g/mol. The molecule has 0 fully saturated rings. The Kier molecular flexibility index (Phi) is 4.83. The van der Waals surface area contributed by atoms with Gasteiger partial charge in [-0.2, -0.15) is 13.2 Å². The predicted octanol–water partition coefficient (Wildman–Crippen LogP) is 3.52. The molecule has 0 N–H and O–H groups in total. The summed E-state index contributed by atoms with van der Waals surface area (Å²) in [6.07, 6.45) is -8.10. The SMILES string of the molecule is COC(=O)Cc1cnc(C(F)F)c(C(F)(F)F)c1Br. The molecule has 0 saturated carbocycles. The van der Waals surface area contributed by atoms with Crippen molar-refractivity contribution in [3.05, 3.63) is 27.5 Å². The molecule has 1 aromatic heterocycles. The van der Waals surface area contributed by atoms with Crippen molar-refractivity contribution in [1.82, 2.24) is 4.98 Å². The van der Waals surface area contributed by atoms with E-state index in [4.69, 9.17) is 0 Å². The van der Waals surface area contributed by atoms with Gasteiger partial charge in [-0.1, -0.05) is 0 Å². The van der Waals surface area contributed by atoms with Crippen LogP contribution in [0, 0.1) is 0 Å². The number of hydrogen-bond donors (Lipinski definition) is 0. The zero-order valence-corrected chi connectivity index (χ0v) is 11.0. The molecule has 0 aliphatic carbocycles. The van der Waals surface area contributed by atoms with Gasteiger partial charge in [-0.15, -0.1) is 0 Å². The minimum atomic E-state index is -5.01. The van der Waals surface area contributed by atoms with Crippen LogP contribution in [0.1, 0.15) is 23.2 Å². The highest BCUT2D eigenvalue weighted by Crippen LogP contribution is 2.41. The Morgan fingerprint density at radius 3 is 2.47 bits per heavy atom. The third kappa shape index (κ3) is 3.62. The van der Waals surface area contributed by atoms with Crippen LogP contribution >= 0.6 is 15.9 Å². The minimum Gasteiger partial charge on any atom is -0.469 e. The average molecular weight is 348 g/mol. The molecule has 0 spiro atoms. The molecule has 1 rings (SSSR count). The molecule has 0 amide bonds. The first-order chi connectivity index (χ1) is 8.68. The molecule has 106 valence electrons. The smallest absolute Gasteiger partial charge is 0.419 e. The van der Waals surface area contributed by atoms with Crippen LogP contribution in [-0.4, -0.2) is 18.1 Å². The van der Waals surface area contributed by atoms with E-state index in [1.165, 1.54) is 0 Å². The highest BCUT2D eigenvalue weighted by atomic mass is 79.9. The lowest BCUT2D eigenvalue weighted by Gasteiger charge is -2.15. The summed E-state index contributed by atoms with van der Waals surface area (Å²) in [6.45, 7) is 0. The molecule has 0 radical (unpaired) electrons. The quantitative estimate of drug-likeness (QED) is 0.620. The lowest BCUT2D eigenvalue weighted by Crippen LogP contribution is -2.15. The number of pyridine rings is 1. The second-order valence-electron chi connectivity index (χ2n) is 3.41. The fourth-order valence-electron chi connectivity index (χ4n) is 1.33. The summed E-state index contributed by atoms with van der Waals surface area (Å²) < 4.78 is 67.0. The number of rotatable bonds is 3. The van der Waals surface area contributed by atoms with Crippen molar-refractivity contribution >= 4 is 21.9 Å². The maximum atomic E-state index is 12.7. The molecule has 0 saturated heterocycles. The van der Waals surface area contributed by atoms with Gasteiger partial charge >= 0.3 is 12.1 Å². The number of nitrogens with zero attached hydrogens (tertiary/aromatic N) is 1. The van der Waals surface area contributed by atoms with Gasteiger partial charge in [-0.3, -0.25) is 9.78 Å². The third-order valence-electron chi connectivity index (χ3n) is 2.17. The molecule has 0 unspecified atom stereocenters. The Hall–Kier alpha value is -1.25. The predicted molar refractivity (Wildman–Crippen MR) is 57.6 cm³/mol. The molecular formula is C10H7BrF5NO2. The molecule has 1 heterocycles. The number of esters is 1. The molecule has 0 atom stereocenters. The zero-order valence-electron chi connectivity index (χ0n) is 9.39. The second kappa shape index (κ2) is 5.81. The third-order valence-corrected chi connectivity index (χ3v) is 3.08. The van der Waals surface area contributed by atoms with Gasteiger partial charge in [0.05, 0.1) is 19.1 Å². The van der Waals surface area contributed by atoms with Gasteiger partial charge in [-0.05, 0) is 21.5 Å². The van der Waals surface area contributed by atoms with Crippen LogP contribution in [0.2, 0.25) is 0 Å². The summed E-state index contributed by atoms with van der Waals surface area (Å²) in [6, 6.07) is 0. The van der Waals surface area contributed by atoms with E-state index in [2.05, 4.69) is 25.7 Å². The Morgan fingerprint density at radius 1 is 1.47 bits per heavy atom. The number of halogens is 6. The van der Waals surface area contributed by atoms with Crippen LogP contribution in [0.5, 0.6) is 0 Å². The van der Waals surface area contributed by atoms with E-state index < -0.39 is 40.7 Å². The van der Waals surface area contributed by atoms with E-state index in [-0.39, 0.29) is 5.56 Å². The van der Waals surface area contributed by atoms with E-state index in [0.717, 1.165) is 13.3 Å². The van der Waals surface area contributed by atoms with E-state index in [0.29, 0.717) is 0 Å². The highest BCUT2D eigenvalue weighted by Gasteiger charge is 2.40. The van der Waals surface area contributed by atoms with Gasteiger partial charge in [0.2, 0.25) is 0 Å². The Labute approximate surface area is 112 Å². The van der Waals surface area contributed by atoms with Crippen LogP contribution < -0.4 is 0 Å². The van der Waals surface area contributed by atoms with Gasteiger partial charge < -0.3 is 4.74 Å². The van der Waals surface area contributed by atoms with Gasteiger partial charge in [0.15, 0.2) is 0 Å². The normalized spacial score (nSPS) is 11.8. The van der Waals surface area contributed by atoms with Gasteiger partial charge in [0, 0.05) is 10.7 Å². The lowest BCUT2D eigenvalue weighted by atomic mass is 10.1. The van der Waals surface area contributed by atoms with Crippen molar-refractivity contribution in [3.8, 4) is 0 Å². The maximum Gasteiger partial charge on any atom is 0.419 e. The monoisotopic (exact) mass is 347 g/mol. The lowest BCUT2D eigenvalue weighted by molar-refractivity contribution is -0.142. The average Bonchev–Trinajstić information content (AvgIpc) is 2.29. The van der Waals surface area contributed by atoms with E-state index >= 15 is 0 Å². The Bertz CT molecular complexity index is 490. The van der Waals surface area contributed by atoms with Crippen LogP contribution in [0.25, 0.3) is 0 Å². The fraction of sp³-hybridized carbons (Fsp3) is 0.400. The molecule has 3 nitrogen and oxygen atoms in total. The summed E-state index contributed by atoms with van der Waals surface area (Å²) >= 11 is 2.59. The molecule has 0 aliphatic rings. The summed E-state index contributed by atoms with van der Waals surface area (Å²) in [7, 11) is 1.06. The largest absolute Gasteiger partial charge is 0.469 e. The molecule has 19 heavy (non-hydrogen) atoms. The topological polar surface area (TPSA) is 39.2 Å². The van der Waals surface area contributed by atoms with Crippen LogP contribution in [0.3, 0.4) is 0 Å². The molecule has 0 aromatic carbocycles. The number of hydrogen-bond acceptors (Lipinski definition) is 3. The van der Waals surface area contributed by atoms with E-state index in [1.807, 2.05) is 0 Å². The minimum absolute atomic E-state index is 0.177. The standard InChI is InChI=1S/C10H7BrF5NO2/c1-19-5(18)2-4-3-17-8(9(12)13)6(7(4)11)10(14,15)16/h3,9H,2H2,1H3. The Balaban J connectivity index is 3.38. The fourth-order valence-corrected chi connectivity index (χ4v) is 2.00.